The van der Waals surface area contributed by atoms with Crippen molar-refractivity contribution < 1.29 is 4.39 Å². The van der Waals surface area contributed by atoms with E-state index in [0.29, 0.717) is 6.54 Å². The maximum absolute atomic E-state index is 13.0. The molecule has 0 N–H and O–H groups in total. The number of aromatic nitrogens is 2. The van der Waals surface area contributed by atoms with Gasteiger partial charge in [-0.15, -0.1) is 0 Å². The van der Waals surface area contributed by atoms with Crippen molar-refractivity contribution >= 4 is 0 Å². The first-order chi connectivity index (χ1) is 7.29. The van der Waals surface area contributed by atoms with Gasteiger partial charge in [0.15, 0.2) is 0 Å². The van der Waals surface area contributed by atoms with Crippen LogP contribution in [0.5, 0.6) is 0 Å². The fraction of sp³-hybridized carbons (Fsp3) is 0.250. The van der Waals surface area contributed by atoms with Crippen molar-refractivity contribution in [3.05, 3.63) is 53.9 Å². The van der Waals surface area contributed by atoms with E-state index >= 15 is 0 Å². The Morgan fingerprint density at radius 2 is 2.27 bits per heavy atom. The lowest BCUT2D eigenvalue weighted by atomic mass is 10.2. The summed E-state index contributed by atoms with van der Waals surface area (Å²) >= 11 is 0. The molecular formula is C12H13FN2. The standard InChI is InChI=1S/C12H13FN2/c1-2-12-14-6-7-15(12)9-10-4-3-5-11(13)8-10/h3-8H,2,9H2,1H3. The lowest BCUT2D eigenvalue weighted by molar-refractivity contribution is 0.622. The quantitative estimate of drug-likeness (QED) is 0.751. The highest BCUT2D eigenvalue weighted by Crippen LogP contribution is 2.08. The van der Waals surface area contributed by atoms with Gasteiger partial charge >= 0.3 is 0 Å². The summed E-state index contributed by atoms with van der Waals surface area (Å²) in [6, 6.07) is 6.66. The highest BCUT2D eigenvalue weighted by molar-refractivity contribution is 5.17. The molecule has 0 amide bonds. The van der Waals surface area contributed by atoms with Gasteiger partial charge < -0.3 is 4.57 Å². The van der Waals surface area contributed by atoms with Crippen molar-refractivity contribution in [1.29, 1.82) is 0 Å². The Balaban J connectivity index is 2.22. The smallest absolute Gasteiger partial charge is 0.123 e. The van der Waals surface area contributed by atoms with Gasteiger partial charge in [0.1, 0.15) is 11.6 Å². The third-order valence-electron chi connectivity index (χ3n) is 2.36. The maximum atomic E-state index is 13.0. The molecule has 0 fully saturated rings. The lowest BCUT2D eigenvalue weighted by Crippen LogP contribution is -2.03. The number of hydrogen-bond acceptors (Lipinski definition) is 1. The number of benzene rings is 1. The molecule has 1 heterocycles. The molecule has 0 bridgehead atoms. The van der Waals surface area contributed by atoms with Crippen LogP contribution in [-0.4, -0.2) is 9.55 Å². The highest BCUT2D eigenvalue weighted by Gasteiger charge is 2.01. The van der Waals surface area contributed by atoms with Crippen LogP contribution in [0.2, 0.25) is 0 Å². The predicted molar refractivity (Wildman–Crippen MR) is 57.1 cm³/mol. The van der Waals surface area contributed by atoms with Crippen LogP contribution in [0.25, 0.3) is 0 Å². The van der Waals surface area contributed by atoms with Crippen LogP contribution in [0.1, 0.15) is 18.3 Å². The molecule has 2 aromatic rings. The van der Waals surface area contributed by atoms with Crippen LogP contribution < -0.4 is 0 Å². The summed E-state index contributed by atoms with van der Waals surface area (Å²) in [4.78, 5) is 4.22. The number of aryl methyl sites for hydroxylation is 1. The topological polar surface area (TPSA) is 17.8 Å². The molecule has 0 aliphatic carbocycles. The Hall–Kier alpha value is -1.64. The Kier molecular flexibility index (Phi) is 2.81. The minimum Gasteiger partial charge on any atom is -0.331 e. The van der Waals surface area contributed by atoms with E-state index in [9.17, 15) is 4.39 Å². The van der Waals surface area contributed by atoms with E-state index in [4.69, 9.17) is 0 Å². The summed E-state index contributed by atoms with van der Waals surface area (Å²) < 4.78 is 15.0. The van der Waals surface area contributed by atoms with Gasteiger partial charge in [-0.1, -0.05) is 19.1 Å². The van der Waals surface area contributed by atoms with E-state index < -0.39 is 0 Å². The number of hydrogen-bond donors (Lipinski definition) is 0. The molecule has 2 rings (SSSR count). The summed E-state index contributed by atoms with van der Waals surface area (Å²) in [5.74, 6) is 0.838. The van der Waals surface area contributed by atoms with Crippen molar-refractivity contribution in [2.24, 2.45) is 0 Å². The zero-order valence-corrected chi connectivity index (χ0v) is 8.65. The van der Waals surface area contributed by atoms with E-state index in [1.54, 1.807) is 18.3 Å². The lowest BCUT2D eigenvalue weighted by Gasteiger charge is -2.06. The number of imidazole rings is 1. The number of rotatable bonds is 3. The molecule has 0 radical (unpaired) electrons. The average molecular weight is 204 g/mol. The molecule has 1 aromatic heterocycles. The summed E-state index contributed by atoms with van der Waals surface area (Å²) in [6.07, 6.45) is 4.59. The average Bonchev–Trinajstić information content (AvgIpc) is 2.65. The first-order valence-electron chi connectivity index (χ1n) is 5.04. The van der Waals surface area contributed by atoms with Crippen LogP contribution in [0.4, 0.5) is 4.39 Å². The van der Waals surface area contributed by atoms with E-state index in [2.05, 4.69) is 11.9 Å². The molecule has 0 saturated heterocycles. The van der Waals surface area contributed by atoms with Gasteiger partial charge in [0.05, 0.1) is 0 Å². The second-order valence-corrected chi connectivity index (χ2v) is 3.45. The molecule has 2 nitrogen and oxygen atoms in total. The van der Waals surface area contributed by atoms with Crippen LogP contribution in [0.3, 0.4) is 0 Å². The summed E-state index contributed by atoms with van der Waals surface area (Å²) in [5, 5.41) is 0. The molecule has 1 aromatic carbocycles. The monoisotopic (exact) mass is 204 g/mol. The zero-order valence-electron chi connectivity index (χ0n) is 8.65. The SMILES string of the molecule is CCc1nccn1Cc1cccc(F)c1. The molecule has 0 atom stereocenters. The Morgan fingerprint density at radius 1 is 1.40 bits per heavy atom. The van der Waals surface area contributed by atoms with Gasteiger partial charge in [-0.05, 0) is 17.7 Å². The van der Waals surface area contributed by atoms with E-state index in [0.717, 1.165) is 17.8 Å². The van der Waals surface area contributed by atoms with Crippen LogP contribution in [0, 0.1) is 5.82 Å². The van der Waals surface area contributed by atoms with E-state index in [1.165, 1.54) is 6.07 Å². The molecule has 0 unspecified atom stereocenters. The minimum absolute atomic E-state index is 0.189. The van der Waals surface area contributed by atoms with Crippen LogP contribution in [0.15, 0.2) is 36.7 Å². The van der Waals surface area contributed by atoms with Crippen molar-refractivity contribution in [1.82, 2.24) is 9.55 Å². The molecule has 0 aliphatic heterocycles. The number of nitrogens with zero attached hydrogens (tertiary/aromatic N) is 2. The molecule has 0 spiro atoms. The maximum Gasteiger partial charge on any atom is 0.123 e. The van der Waals surface area contributed by atoms with Gasteiger partial charge in [0, 0.05) is 25.4 Å². The van der Waals surface area contributed by atoms with Gasteiger partial charge in [-0.2, -0.15) is 0 Å². The molecule has 78 valence electrons. The third-order valence-corrected chi connectivity index (χ3v) is 2.36. The van der Waals surface area contributed by atoms with Gasteiger partial charge in [0.2, 0.25) is 0 Å². The van der Waals surface area contributed by atoms with Gasteiger partial charge in [0.25, 0.3) is 0 Å². The van der Waals surface area contributed by atoms with Crippen molar-refractivity contribution in [3.63, 3.8) is 0 Å². The largest absolute Gasteiger partial charge is 0.331 e. The summed E-state index contributed by atoms with van der Waals surface area (Å²) in [7, 11) is 0. The predicted octanol–water partition coefficient (Wildman–Crippen LogP) is 2.63. The Labute approximate surface area is 88.4 Å². The second-order valence-electron chi connectivity index (χ2n) is 3.45. The van der Waals surface area contributed by atoms with Gasteiger partial charge in [-0.25, -0.2) is 9.37 Å². The highest BCUT2D eigenvalue weighted by atomic mass is 19.1. The summed E-state index contributed by atoms with van der Waals surface area (Å²) in [5.41, 5.74) is 0.961. The molecule has 0 saturated carbocycles. The fourth-order valence-corrected chi connectivity index (χ4v) is 1.63. The van der Waals surface area contributed by atoms with Gasteiger partial charge in [-0.3, -0.25) is 0 Å². The second kappa shape index (κ2) is 4.26. The van der Waals surface area contributed by atoms with E-state index in [-0.39, 0.29) is 5.82 Å². The fourth-order valence-electron chi connectivity index (χ4n) is 1.63. The summed E-state index contributed by atoms with van der Waals surface area (Å²) in [6.45, 7) is 2.74. The molecule has 3 heteroatoms. The first-order valence-corrected chi connectivity index (χ1v) is 5.04. The first kappa shape index (κ1) is 9.90. The zero-order chi connectivity index (χ0) is 10.7. The Bertz CT molecular complexity index is 448. The molecule has 15 heavy (non-hydrogen) atoms. The van der Waals surface area contributed by atoms with Crippen LogP contribution >= 0.6 is 0 Å². The molecule has 0 aliphatic rings. The van der Waals surface area contributed by atoms with Crippen molar-refractivity contribution in [3.8, 4) is 0 Å². The van der Waals surface area contributed by atoms with Crippen LogP contribution in [-0.2, 0) is 13.0 Å². The van der Waals surface area contributed by atoms with Crippen molar-refractivity contribution in [2.75, 3.05) is 0 Å². The number of halogens is 1. The van der Waals surface area contributed by atoms with E-state index in [1.807, 2.05) is 16.8 Å². The van der Waals surface area contributed by atoms with Crippen molar-refractivity contribution in [2.45, 2.75) is 19.9 Å². The normalized spacial score (nSPS) is 10.5. The minimum atomic E-state index is -0.189. The molecular weight excluding hydrogens is 191 g/mol. The Morgan fingerprint density at radius 3 is 3.00 bits per heavy atom. The third kappa shape index (κ3) is 2.24.